The van der Waals surface area contributed by atoms with Gasteiger partial charge in [0.1, 0.15) is 0 Å². The van der Waals surface area contributed by atoms with Gasteiger partial charge in [0.2, 0.25) is 5.91 Å². The Morgan fingerprint density at radius 2 is 2.11 bits per heavy atom. The van der Waals surface area contributed by atoms with Crippen molar-refractivity contribution in [3.63, 3.8) is 0 Å². The molecule has 2 unspecified atom stereocenters. The lowest BCUT2D eigenvalue weighted by Crippen LogP contribution is -2.34. The maximum atomic E-state index is 12.5. The molecule has 2 N–H and O–H groups in total. The van der Waals surface area contributed by atoms with Gasteiger partial charge in [-0.15, -0.1) is 0 Å². The summed E-state index contributed by atoms with van der Waals surface area (Å²) < 4.78 is 0. The molecule has 2 atom stereocenters. The summed E-state index contributed by atoms with van der Waals surface area (Å²) in [6, 6.07) is 7.87. The molecule has 0 saturated heterocycles. The summed E-state index contributed by atoms with van der Waals surface area (Å²) >= 11 is 0. The molecule has 1 aliphatic rings. The number of para-hydroxylation sites is 1. The fraction of sp³-hybridized carbons (Fsp3) is 0.533. The Hall–Kier alpha value is -1.35. The van der Waals surface area contributed by atoms with E-state index in [0.717, 1.165) is 17.7 Å². The highest BCUT2D eigenvalue weighted by Gasteiger charge is 2.32. The predicted molar refractivity (Wildman–Crippen MR) is 74.2 cm³/mol. The molecular formula is C15H22N2O. The molecule has 0 radical (unpaired) electrons. The van der Waals surface area contributed by atoms with Crippen molar-refractivity contribution in [3.8, 4) is 0 Å². The molecule has 98 valence electrons. The third kappa shape index (κ3) is 2.41. The Morgan fingerprint density at radius 3 is 2.72 bits per heavy atom. The molecule has 1 saturated carbocycles. The maximum absolute atomic E-state index is 12.5. The first-order valence-electron chi connectivity index (χ1n) is 6.70. The number of amides is 1. The second-order valence-corrected chi connectivity index (χ2v) is 5.24. The number of hydrogen-bond donors (Lipinski definition) is 1. The van der Waals surface area contributed by atoms with Gasteiger partial charge in [0.05, 0.1) is 0 Å². The van der Waals surface area contributed by atoms with Crippen LogP contribution in [0.5, 0.6) is 0 Å². The van der Waals surface area contributed by atoms with Crippen molar-refractivity contribution >= 4 is 11.6 Å². The van der Waals surface area contributed by atoms with Crippen LogP contribution in [0.25, 0.3) is 0 Å². The van der Waals surface area contributed by atoms with Crippen LogP contribution in [0.15, 0.2) is 24.3 Å². The Labute approximate surface area is 109 Å². The highest BCUT2D eigenvalue weighted by molar-refractivity contribution is 5.95. The largest absolute Gasteiger partial charge is 0.326 e. The lowest BCUT2D eigenvalue weighted by molar-refractivity contribution is -0.122. The molecule has 3 heteroatoms. The number of nitrogens with two attached hydrogens (primary N) is 1. The minimum Gasteiger partial charge on any atom is -0.326 e. The standard InChI is InChI=1S/C15H22N2O/c1-11-6-5-8-13(11)15(18)17(2)14-9-4-3-7-12(14)10-16/h3-4,7,9,11,13H,5-6,8,10,16H2,1-2H3. The van der Waals surface area contributed by atoms with Gasteiger partial charge in [0.15, 0.2) is 0 Å². The molecule has 0 bridgehead atoms. The monoisotopic (exact) mass is 246 g/mol. The van der Waals surface area contributed by atoms with Gasteiger partial charge in [-0.05, 0) is 30.4 Å². The van der Waals surface area contributed by atoms with E-state index in [9.17, 15) is 4.79 Å². The van der Waals surface area contributed by atoms with Crippen LogP contribution in [0.4, 0.5) is 5.69 Å². The van der Waals surface area contributed by atoms with Gasteiger partial charge >= 0.3 is 0 Å². The first kappa shape index (κ1) is 13.1. The van der Waals surface area contributed by atoms with E-state index < -0.39 is 0 Å². The number of hydrogen-bond acceptors (Lipinski definition) is 2. The molecule has 1 aliphatic carbocycles. The third-order valence-electron chi connectivity index (χ3n) is 4.08. The van der Waals surface area contributed by atoms with Gasteiger partial charge in [-0.25, -0.2) is 0 Å². The molecule has 0 aliphatic heterocycles. The molecule has 1 fully saturated rings. The molecule has 0 spiro atoms. The summed E-state index contributed by atoms with van der Waals surface area (Å²) in [5, 5.41) is 0. The fourth-order valence-electron chi connectivity index (χ4n) is 2.89. The SMILES string of the molecule is CC1CCCC1C(=O)N(C)c1ccccc1CN. The Balaban J connectivity index is 2.20. The summed E-state index contributed by atoms with van der Waals surface area (Å²) in [4.78, 5) is 14.3. The van der Waals surface area contributed by atoms with E-state index in [1.807, 2.05) is 31.3 Å². The van der Waals surface area contributed by atoms with Crippen molar-refractivity contribution in [2.24, 2.45) is 17.6 Å². The van der Waals surface area contributed by atoms with E-state index in [1.54, 1.807) is 4.90 Å². The van der Waals surface area contributed by atoms with E-state index >= 15 is 0 Å². The summed E-state index contributed by atoms with van der Waals surface area (Å²) in [7, 11) is 1.86. The minimum atomic E-state index is 0.181. The first-order chi connectivity index (χ1) is 8.65. The Bertz CT molecular complexity index is 430. The van der Waals surface area contributed by atoms with Crippen LogP contribution in [0.3, 0.4) is 0 Å². The molecule has 18 heavy (non-hydrogen) atoms. The summed E-state index contributed by atoms with van der Waals surface area (Å²) in [5.41, 5.74) is 7.71. The van der Waals surface area contributed by atoms with Gasteiger partial charge in [-0.2, -0.15) is 0 Å². The highest BCUT2D eigenvalue weighted by Crippen LogP contribution is 2.33. The van der Waals surface area contributed by atoms with Crippen molar-refractivity contribution in [2.45, 2.75) is 32.7 Å². The molecule has 2 rings (SSSR count). The lowest BCUT2D eigenvalue weighted by Gasteiger charge is -2.25. The number of anilines is 1. The van der Waals surface area contributed by atoms with E-state index in [1.165, 1.54) is 12.8 Å². The third-order valence-corrected chi connectivity index (χ3v) is 4.08. The number of rotatable bonds is 3. The second-order valence-electron chi connectivity index (χ2n) is 5.24. The highest BCUT2D eigenvalue weighted by atomic mass is 16.2. The lowest BCUT2D eigenvalue weighted by atomic mass is 9.96. The quantitative estimate of drug-likeness (QED) is 0.891. The molecular weight excluding hydrogens is 224 g/mol. The van der Waals surface area contributed by atoms with Crippen LogP contribution in [-0.4, -0.2) is 13.0 Å². The average molecular weight is 246 g/mol. The second kappa shape index (κ2) is 5.53. The van der Waals surface area contributed by atoms with Gasteiger partial charge in [0.25, 0.3) is 0 Å². The van der Waals surface area contributed by atoms with E-state index in [2.05, 4.69) is 6.92 Å². The zero-order chi connectivity index (χ0) is 13.1. The number of carbonyl (C=O) groups is 1. The fourth-order valence-corrected chi connectivity index (χ4v) is 2.89. The first-order valence-corrected chi connectivity index (χ1v) is 6.70. The van der Waals surface area contributed by atoms with Crippen molar-refractivity contribution in [1.82, 2.24) is 0 Å². The number of carbonyl (C=O) groups excluding carboxylic acids is 1. The molecule has 0 heterocycles. The van der Waals surface area contributed by atoms with Crippen LogP contribution >= 0.6 is 0 Å². The smallest absolute Gasteiger partial charge is 0.230 e. The van der Waals surface area contributed by atoms with E-state index in [0.29, 0.717) is 12.5 Å². The van der Waals surface area contributed by atoms with Crippen molar-refractivity contribution in [2.75, 3.05) is 11.9 Å². The molecule has 0 aromatic heterocycles. The zero-order valence-corrected chi connectivity index (χ0v) is 11.2. The van der Waals surface area contributed by atoms with Crippen LogP contribution in [0.2, 0.25) is 0 Å². The molecule has 1 aromatic carbocycles. The molecule has 3 nitrogen and oxygen atoms in total. The Kier molecular flexibility index (Phi) is 4.02. The summed E-state index contributed by atoms with van der Waals surface area (Å²) in [6.07, 6.45) is 3.36. The molecule has 1 aromatic rings. The van der Waals surface area contributed by atoms with Crippen LogP contribution in [0, 0.1) is 11.8 Å². The number of nitrogens with zero attached hydrogens (tertiary/aromatic N) is 1. The van der Waals surface area contributed by atoms with E-state index in [-0.39, 0.29) is 11.8 Å². The maximum Gasteiger partial charge on any atom is 0.230 e. The zero-order valence-electron chi connectivity index (χ0n) is 11.2. The van der Waals surface area contributed by atoms with Crippen molar-refractivity contribution in [1.29, 1.82) is 0 Å². The van der Waals surface area contributed by atoms with Gasteiger partial charge in [-0.3, -0.25) is 4.79 Å². The van der Waals surface area contributed by atoms with E-state index in [4.69, 9.17) is 5.73 Å². The Morgan fingerprint density at radius 1 is 1.39 bits per heavy atom. The normalized spacial score (nSPS) is 23.1. The number of benzene rings is 1. The topological polar surface area (TPSA) is 46.3 Å². The minimum absolute atomic E-state index is 0.181. The van der Waals surface area contributed by atoms with Crippen molar-refractivity contribution in [3.05, 3.63) is 29.8 Å². The van der Waals surface area contributed by atoms with Crippen LogP contribution < -0.4 is 10.6 Å². The summed E-state index contributed by atoms with van der Waals surface area (Å²) in [5.74, 6) is 0.923. The van der Waals surface area contributed by atoms with Gasteiger partial charge < -0.3 is 10.6 Å². The predicted octanol–water partition coefficient (Wildman–Crippen LogP) is 2.54. The molecule has 1 amide bonds. The van der Waals surface area contributed by atoms with Crippen molar-refractivity contribution < 1.29 is 4.79 Å². The van der Waals surface area contributed by atoms with Gasteiger partial charge in [0, 0.05) is 25.2 Å². The van der Waals surface area contributed by atoms with Gasteiger partial charge in [-0.1, -0.05) is 31.5 Å². The summed E-state index contributed by atoms with van der Waals surface area (Å²) in [6.45, 7) is 2.65. The van der Waals surface area contributed by atoms with Crippen LogP contribution in [0.1, 0.15) is 31.7 Å². The van der Waals surface area contributed by atoms with Crippen LogP contribution in [-0.2, 0) is 11.3 Å². The average Bonchev–Trinajstić information content (AvgIpc) is 2.83.